The van der Waals surface area contributed by atoms with Crippen molar-refractivity contribution in [2.75, 3.05) is 37.6 Å². The van der Waals surface area contributed by atoms with Crippen LogP contribution in [-0.2, 0) is 14.4 Å². The van der Waals surface area contributed by atoms with Crippen molar-refractivity contribution in [2.24, 2.45) is 11.8 Å². The number of nitrogens with zero attached hydrogens (tertiary/aromatic N) is 3. The summed E-state index contributed by atoms with van der Waals surface area (Å²) in [6, 6.07) is 5.92. The fourth-order valence-electron chi connectivity index (χ4n) is 3.90. The summed E-state index contributed by atoms with van der Waals surface area (Å²) < 4.78 is 0. The highest BCUT2D eigenvalue weighted by Gasteiger charge is 2.38. The molecule has 2 aliphatic rings. The van der Waals surface area contributed by atoms with Gasteiger partial charge in [-0.3, -0.25) is 14.4 Å². The molecule has 1 atom stereocenters. The molecular weight excluding hydrogens is 342 g/mol. The van der Waals surface area contributed by atoms with Gasteiger partial charge >= 0.3 is 0 Å². The first kappa shape index (κ1) is 19.4. The topological polar surface area (TPSA) is 60.9 Å². The van der Waals surface area contributed by atoms with E-state index in [4.69, 9.17) is 0 Å². The van der Waals surface area contributed by atoms with E-state index in [0.29, 0.717) is 32.7 Å². The molecule has 0 radical (unpaired) electrons. The molecule has 2 aliphatic heterocycles. The van der Waals surface area contributed by atoms with Crippen LogP contribution < -0.4 is 4.90 Å². The Kier molecular flexibility index (Phi) is 5.53. The zero-order valence-electron chi connectivity index (χ0n) is 16.7. The molecule has 6 nitrogen and oxygen atoms in total. The Balaban J connectivity index is 1.63. The van der Waals surface area contributed by atoms with Crippen LogP contribution in [0.3, 0.4) is 0 Å². The van der Waals surface area contributed by atoms with E-state index in [1.54, 1.807) is 4.90 Å². The van der Waals surface area contributed by atoms with E-state index in [1.807, 2.05) is 55.7 Å². The first-order valence-corrected chi connectivity index (χ1v) is 9.73. The third-order valence-electron chi connectivity index (χ3n) is 5.74. The van der Waals surface area contributed by atoms with E-state index < -0.39 is 0 Å². The van der Waals surface area contributed by atoms with E-state index in [2.05, 4.69) is 0 Å². The fraction of sp³-hybridized carbons (Fsp3) is 0.571. The van der Waals surface area contributed by atoms with Gasteiger partial charge in [0.15, 0.2) is 0 Å². The minimum Gasteiger partial charge on any atom is -0.339 e. The minimum atomic E-state index is -0.301. The highest BCUT2D eigenvalue weighted by Crippen LogP contribution is 2.30. The molecule has 2 saturated heterocycles. The molecule has 0 N–H and O–H groups in total. The number of aryl methyl sites for hydroxylation is 1. The van der Waals surface area contributed by atoms with Crippen LogP contribution in [-0.4, -0.2) is 60.2 Å². The average molecular weight is 371 g/mol. The highest BCUT2D eigenvalue weighted by molar-refractivity contribution is 6.01. The van der Waals surface area contributed by atoms with Gasteiger partial charge in [0, 0.05) is 50.7 Å². The summed E-state index contributed by atoms with van der Waals surface area (Å²) in [6.45, 7) is 10.5. The van der Waals surface area contributed by atoms with Crippen molar-refractivity contribution in [1.82, 2.24) is 9.80 Å². The molecule has 0 aliphatic carbocycles. The number of carbonyl (C=O) groups excluding carboxylic acids is 3. The maximum Gasteiger partial charge on any atom is 0.228 e. The van der Waals surface area contributed by atoms with E-state index in [9.17, 15) is 14.4 Å². The van der Waals surface area contributed by atoms with Crippen molar-refractivity contribution in [2.45, 2.75) is 34.1 Å². The lowest BCUT2D eigenvalue weighted by molar-refractivity contribution is -0.143. The predicted octanol–water partition coefficient (Wildman–Crippen LogP) is 1.98. The molecule has 0 aromatic heterocycles. The summed E-state index contributed by atoms with van der Waals surface area (Å²) in [5.74, 6) is -0.140. The molecule has 2 heterocycles. The molecule has 146 valence electrons. The van der Waals surface area contributed by atoms with Crippen molar-refractivity contribution in [1.29, 1.82) is 0 Å². The van der Waals surface area contributed by atoms with Gasteiger partial charge in [-0.2, -0.15) is 0 Å². The third-order valence-corrected chi connectivity index (χ3v) is 5.74. The van der Waals surface area contributed by atoms with E-state index in [-0.39, 0.29) is 36.0 Å². The largest absolute Gasteiger partial charge is 0.339 e. The van der Waals surface area contributed by atoms with Crippen LogP contribution in [0.5, 0.6) is 0 Å². The molecule has 0 bridgehead atoms. The molecule has 0 saturated carbocycles. The van der Waals surface area contributed by atoms with Gasteiger partial charge in [-0.25, -0.2) is 0 Å². The average Bonchev–Trinajstić information content (AvgIpc) is 3.04. The lowest BCUT2D eigenvalue weighted by Gasteiger charge is -2.36. The Morgan fingerprint density at radius 3 is 2.30 bits per heavy atom. The summed E-state index contributed by atoms with van der Waals surface area (Å²) in [7, 11) is 0. The molecule has 1 unspecified atom stereocenters. The van der Waals surface area contributed by atoms with E-state index in [1.165, 1.54) is 0 Å². The van der Waals surface area contributed by atoms with Gasteiger partial charge in [0.1, 0.15) is 0 Å². The molecule has 1 aromatic rings. The van der Waals surface area contributed by atoms with Crippen LogP contribution in [0, 0.1) is 25.7 Å². The van der Waals surface area contributed by atoms with Crippen molar-refractivity contribution in [3.63, 3.8) is 0 Å². The van der Waals surface area contributed by atoms with Crippen molar-refractivity contribution in [3.8, 4) is 0 Å². The molecular formula is C21H29N3O3. The van der Waals surface area contributed by atoms with Crippen LogP contribution in [0.2, 0.25) is 0 Å². The Labute approximate surface area is 161 Å². The number of benzene rings is 1. The van der Waals surface area contributed by atoms with Crippen LogP contribution >= 0.6 is 0 Å². The van der Waals surface area contributed by atoms with E-state index in [0.717, 1.165) is 16.8 Å². The number of anilines is 1. The van der Waals surface area contributed by atoms with Crippen LogP contribution in [0.1, 0.15) is 31.4 Å². The number of amides is 3. The summed E-state index contributed by atoms with van der Waals surface area (Å²) in [5.41, 5.74) is 3.13. The fourth-order valence-corrected chi connectivity index (χ4v) is 3.90. The Morgan fingerprint density at radius 1 is 1.04 bits per heavy atom. The number of carbonyl (C=O) groups is 3. The monoisotopic (exact) mass is 371 g/mol. The zero-order valence-corrected chi connectivity index (χ0v) is 16.7. The lowest BCUT2D eigenvalue weighted by Crippen LogP contribution is -2.53. The Bertz CT molecular complexity index is 751. The van der Waals surface area contributed by atoms with Crippen molar-refractivity contribution in [3.05, 3.63) is 29.3 Å². The third kappa shape index (κ3) is 3.84. The first-order valence-electron chi connectivity index (χ1n) is 9.73. The Hall–Kier alpha value is -2.37. The van der Waals surface area contributed by atoms with Gasteiger partial charge in [0.25, 0.3) is 0 Å². The highest BCUT2D eigenvalue weighted by atomic mass is 16.2. The second-order valence-electron chi connectivity index (χ2n) is 7.93. The second kappa shape index (κ2) is 7.71. The second-order valence-corrected chi connectivity index (χ2v) is 7.93. The van der Waals surface area contributed by atoms with Gasteiger partial charge in [0.2, 0.25) is 17.7 Å². The van der Waals surface area contributed by atoms with E-state index >= 15 is 0 Å². The molecule has 0 spiro atoms. The van der Waals surface area contributed by atoms with Crippen LogP contribution in [0.4, 0.5) is 5.69 Å². The summed E-state index contributed by atoms with van der Waals surface area (Å²) >= 11 is 0. The molecule has 1 aromatic carbocycles. The standard InChI is InChI=1S/C21H29N3O3/c1-14(2)20(26)22-8-10-23(11-9-22)21(27)17-12-19(25)24(13-17)18-7-5-6-15(3)16(18)4/h5-7,14,17H,8-13H2,1-4H3. The number of rotatable bonds is 3. The SMILES string of the molecule is Cc1cccc(N2CC(C(=O)N3CCN(C(=O)C(C)C)CC3)CC2=O)c1C. The quantitative estimate of drug-likeness (QED) is 0.816. The smallest absolute Gasteiger partial charge is 0.228 e. The zero-order chi connectivity index (χ0) is 19.7. The molecule has 2 fully saturated rings. The summed E-state index contributed by atoms with van der Waals surface area (Å²) in [4.78, 5) is 43.0. The number of piperazine rings is 1. The molecule has 6 heteroatoms. The summed E-state index contributed by atoms with van der Waals surface area (Å²) in [6.07, 6.45) is 0.261. The summed E-state index contributed by atoms with van der Waals surface area (Å²) in [5, 5.41) is 0. The number of hydrogen-bond donors (Lipinski definition) is 0. The predicted molar refractivity (Wildman–Crippen MR) is 104 cm³/mol. The first-order chi connectivity index (χ1) is 12.8. The maximum absolute atomic E-state index is 12.9. The van der Waals surface area contributed by atoms with Crippen molar-refractivity contribution >= 4 is 23.4 Å². The van der Waals surface area contributed by atoms with Gasteiger partial charge in [-0.15, -0.1) is 0 Å². The molecule has 3 rings (SSSR count). The number of hydrogen-bond acceptors (Lipinski definition) is 3. The molecule has 27 heavy (non-hydrogen) atoms. The Morgan fingerprint density at radius 2 is 1.67 bits per heavy atom. The van der Waals surface area contributed by atoms with Gasteiger partial charge < -0.3 is 14.7 Å². The van der Waals surface area contributed by atoms with Gasteiger partial charge in [-0.05, 0) is 31.0 Å². The normalized spacial score (nSPS) is 20.6. The van der Waals surface area contributed by atoms with Crippen molar-refractivity contribution < 1.29 is 14.4 Å². The maximum atomic E-state index is 12.9. The van der Waals surface area contributed by atoms with Crippen LogP contribution in [0.25, 0.3) is 0 Å². The minimum absolute atomic E-state index is 0.00988. The lowest BCUT2D eigenvalue weighted by atomic mass is 10.1. The molecule has 3 amide bonds. The van der Waals surface area contributed by atoms with Gasteiger partial charge in [0.05, 0.1) is 5.92 Å². The van der Waals surface area contributed by atoms with Gasteiger partial charge in [-0.1, -0.05) is 26.0 Å². The van der Waals surface area contributed by atoms with Crippen LogP contribution in [0.15, 0.2) is 18.2 Å².